The number of carbonyl (C=O) groups is 1. The first-order valence-electron chi connectivity index (χ1n) is 7.85. The van der Waals surface area contributed by atoms with Crippen LogP contribution in [0.2, 0.25) is 0 Å². The van der Waals surface area contributed by atoms with Crippen molar-refractivity contribution in [3.63, 3.8) is 0 Å². The summed E-state index contributed by atoms with van der Waals surface area (Å²) in [4.78, 5) is 11.0. The third kappa shape index (κ3) is 4.31. The van der Waals surface area contributed by atoms with Gasteiger partial charge in [-0.05, 0) is 44.0 Å². The predicted octanol–water partition coefficient (Wildman–Crippen LogP) is 2.09. The molecular formula is C16H23NO5S. The Hall–Kier alpha value is -1.44. The fourth-order valence-electron chi connectivity index (χ4n) is 2.98. The molecule has 1 aliphatic carbocycles. The van der Waals surface area contributed by atoms with Crippen LogP contribution in [0.25, 0.3) is 0 Å². The van der Waals surface area contributed by atoms with Crippen molar-refractivity contribution in [2.24, 2.45) is 0 Å². The topological polar surface area (TPSA) is 94.9 Å². The number of aliphatic hydroxyl groups excluding tert-OH is 1. The Kier molecular flexibility index (Phi) is 5.78. The highest BCUT2D eigenvalue weighted by atomic mass is 32.2. The summed E-state index contributed by atoms with van der Waals surface area (Å²) in [6.45, 7) is 1.62. The van der Waals surface area contributed by atoms with Crippen molar-refractivity contribution in [1.29, 1.82) is 0 Å². The summed E-state index contributed by atoms with van der Waals surface area (Å²) in [7, 11) is -3.76. The summed E-state index contributed by atoms with van der Waals surface area (Å²) >= 11 is 0. The van der Waals surface area contributed by atoms with E-state index in [1.54, 1.807) is 6.92 Å². The summed E-state index contributed by atoms with van der Waals surface area (Å²) in [6.07, 6.45) is 3.89. The molecule has 2 rings (SSSR count). The maximum absolute atomic E-state index is 12.9. The van der Waals surface area contributed by atoms with Crippen molar-refractivity contribution in [3.05, 3.63) is 29.8 Å². The zero-order valence-electron chi connectivity index (χ0n) is 13.2. The van der Waals surface area contributed by atoms with Crippen LogP contribution in [0.15, 0.2) is 29.2 Å². The van der Waals surface area contributed by atoms with Gasteiger partial charge >= 0.3 is 5.97 Å². The van der Waals surface area contributed by atoms with E-state index in [0.29, 0.717) is 0 Å². The summed E-state index contributed by atoms with van der Waals surface area (Å²) in [6, 6.07) is 5.10. The lowest BCUT2D eigenvalue weighted by atomic mass is 9.95. The molecule has 1 fully saturated rings. The fourth-order valence-corrected chi connectivity index (χ4v) is 4.74. The van der Waals surface area contributed by atoms with Crippen LogP contribution in [0.4, 0.5) is 0 Å². The van der Waals surface area contributed by atoms with E-state index in [-0.39, 0.29) is 23.0 Å². The number of carboxylic acids is 1. The summed E-state index contributed by atoms with van der Waals surface area (Å²) in [5, 5.41) is 18.6. The van der Waals surface area contributed by atoms with Crippen LogP contribution in [0, 0.1) is 0 Å². The first kappa shape index (κ1) is 17.9. The number of hydrogen-bond acceptors (Lipinski definition) is 4. The molecule has 2 N–H and O–H groups in total. The van der Waals surface area contributed by atoms with Gasteiger partial charge in [-0.2, -0.15) is 4.31 Å². The third-order valence-electron chi connectivity index (χ3n) is 4.13. The highest BCUT2D eigenvalue weighted by molar-refractivity contribution is 7.89. The predicted molar refractivity (Wildman–Crippen MR) is 85.8 cm³/mol. The molecule has 6 nitrogen and oxygen atoms in total. The molecule has 128 valence electrons. The van der Waals surface area contributed by atoms with E-state index >= 15 is 0 Å². The first-order valence-corrected chi connectivity index (χ1v) is 9.29. The lowest BCUT2D eigenvalue weighted by molar-refractivity contribution is 0.0696. The van der Waals surface area contributed by atoms with E-state index in [4.69, 9.17) is 5.11 Å². The van der Waals surface area contributed by atoms with Gasteiger partial charge in [-0.3, -0.25) is 0 Å². The molecule has 0 spiro atoms. The zero-order chi connectivity index (χ0) is 17.0. The fraction of sp³-hybridized carbons (Fsp3) is 0.562. The second kappa shape index (κ2) is 7.42. The molecule has 23 heavy (non-hydrogen) atoms. The molecule has 0 aliphatic heterocycles. The van der Waals surface area contributed by atoms with Gasteiger partial charge in [-0.15, -0.1) is 0 Å². The molecule has 0 aromatic heterocycles. The monoisotopic (exact) mass is 341 g/mol. The van der Waals surface area contributed by atoms with E-state index < -0.39 is 22.1 Å². The van der Waals surface area contributed by atoms with Gasteiger partial charge in [0.05, 0.1) is 16.6 Å². The Bertz CT molecular complexity index is 633. The minimum Gasteiger partial charge on any atom is -0.478 e. The maximum atomic E-state index is 12.9. The number of carboxylic acid groups (broad SMARTS) is 1. The molecule has 0 radical (unpaired) electrons. The van der Waals surface area contributed by atoms with Crippen molar-refractivity contribution in [1.82, 2.24) is 4.31 Å². The second-order valence-electron chi connectivity index (χ2n) is 6.05. The molecule has 1 saturated carbocycles. The van der Waals surface area contributed by atoms with Crippen molar-refractivity contribution < 1.29 is 23.4 Å². The molecular weight excluding hydrogens is 318 g/mol. The summed E-state index contributed by atoms with van der Waals surface area (Å²) in [5.41, 5.74) is 0.0451. The van der Waals surface area contributed by atoms with E-state index in [1.165, 1.54) is 28.6 Å². The van der Waals surface area contributed by atoms with Crippen LogP contribution in [0.3, 0.4) is 0 Å². The standard InChI is InChI=1S/C16H23NO5S/c1-12(18)11-17(14-5-3-2-4-6-14)23(21,22)15-9-7-13(8-10-15)16(19)20/h7-10,12,14,18H,2-6,11H2,1H3,(H,19,20). The first-order chi connectivity index (χ1) is 10.8. The van der Waals surface area contributed by atoms with Crippen LogP contribution >= 0.6 is 0 Å². The minimum atomic E-state index is -3.76. The molecule has 1 aromatic rings. The van der Waals surface area contributed by atoms with Gasteiger partial charge in [0, 0.05) is 12.6 Å². The molecule has 7 heteroatoms. The van der Waals surface area contributed by atoms with Crippen LogP contribution in [0.5, 0.6) is 0 Å². The number of aliphatic hydroxyl groups is 1. The number of benzene rings is 1. The van der Waals surface area contributed by atoms with Gasteiger partial charge in [0.1, 0.15) is 0 Å². The zero-order valence-corrected chi connectivity index (χ0v) is 14.0. The Labute approximate surface area is 136 Å². The number of rotatable bonds is 6. The minimum absolute atomic E-state index is 0.0451. The quantitative estimate of drug-likeness (QED) is 0.826. The van der Waals surface area contributed by atoms with Crippen molar-refractivity contribution in [2.75, 3.05) is 6.54 Å². The largest absolute Gasteiger partial charge is 0.478 e. The van der Waals surface area contributed by atoms with Gasteiger partial charge < -0.3 is 10.2 Å². The molecule has 1 aliphatic rings. The lowest BCUT2D eigenvalue weighted by Gasteiger charge is -2.34. The number of sulfonamides is 1. The average Bonchev–Trinajstić information content (AvgIpc) is 2.53. The third-order valence-corrected chi connectivity index (χ3v) is 6.07. The van der Waals surface area contributed by atoms with E-state index in [0.717, 1.165) is 32.1 Å². The maximum Gasteiger partial charge on any atom is 0.335 e. The van der Waals surface area contributed by atoms with Crippen molar-refractivity contribution in [2.45, 2.75) is 56.1 Å². The number of aromatic carboxylic acids is 1. The van der Waals surface area contributed by atoms with Crippen LogP contribution < -0.4 is 0 Å². The normalized spacial score (nSPS) is 18.0. The average molecular weight is 341 g/mol. The SMILES string of the molecule is CC(O)CN(C1CCCCC1)S(=O)(=O)c1ccc(C(=O)O)cc1. The van der Waals surface area contributed by atoms with Crippen molar-refractivity contribution in [3.8, 4) is 0 Å². The summed E-state index contributed by atoms with van der Waals surface area (Å²) < 4.78 is 27.2. The molecule has 1 unspecified atom stereocenters. The molecule has 0 saturated heterocycles. The molecule has 0 amide bonds. The van der Waals surface area contributed by atoms with E-state index in [9.17, 15) is 18.3 Å². The number of hydrogen-bond donors (Lipinski definition) is 2. The van der Waals surface area contributed by atoms with Gasteiger partial charge in [0.15, 0.2) is 0 Å². The van der Waals surface area contributed by atoms with Crippen LogP contribution in [-0.2, 0) is 10.0 Å². The highest BCUT2D eigenvalue weighted by Gasteiger charge is 2.33. The lowest BCUT2D eigenvalue weighted by Crippen LogP contribution is -2.44. The summed E-state index contributed by atoms with van der Waals surface area (Å²) in [5.74, 6) is -1.10. The Morgan fingerprint density at radius 3 is 2.26 bits per heavy atom. The smallest absolute Gasteiger partial charge is 0.335 e. The Morgan fingerprint density at radius 2 is 1.78 bits per heavy atom. The van der Waals surface area contributed by atoms with E-state index in [2.05, 4.69) is 0 Å². The molecule has 1 atom stereocenters. The van der Waals surface area contributed by atoms with Crippen molar-refractivity contribution >= 4 is 16.0 Å². The highest BCUT2D eigenvalue weighted by Crippen LogP contribution is 2.28. The van der Waals surface area contributed by atoms with Gasteiger partial charge in [-0.1, -0.05) is 19.3 Å². The van der Waals surface area contributed by atoms with Gasteiger partial charge in [0.2, 0.25) is 10.0 Å². The van der Waals surface area contributed by atoms with Crippen LogP contribution in [-0.4, -0.2) is 47.6 Å². The second-order valence-corrected chi connectivity index (χ2v) is 7.94. The van der Waals surface area contributed by atoms with Crippen LogP contribution in [0.1, 0.15) is 49.4 Å². The molecule has 0 heterocycles. The van der Waals surface area contributed by atoms with Gasteiger partial charge in [0.25, 0.3) is 0 Å². The molecule has 1 aromatic carbocycles. The number of nitrogens with zero attached hydrogens (tertiary/aromatic N) is 1. The van der Waals surface area contributed by atoms with Gasteiger partial charge in [-0.25, -0.2) is 13.2 Å². The van der Waals surface area contributed by atoms with E-state index in [1.807, 2.05) is 0 Å². The Morgan fingerprint density at radius 1 is 1.22 bits per heavy atom. The Balaban J connectivity index is 2.32. The molecule has 0 bridgehead atoms.